The number of alkyl halides is 3. The summed E-state index contributed by atoms with van der Waals surface area (Å²) in [5.41, 5.74) is -0.754. The van der Waals surface area contributed by atoms with Gasteiger partial charge in [-0.3, -0.25) is 0 Å². The SMILES string of the molecule is CC1C=CC=CC1(C)OC(=O)C(Cl)(Cl)Cl. The van der Waals surface area contributed by atoms with E-state index in [9.17, 15) is 4.79 Å². The Morgan fingerprint density at radius 3 is 2.47 bits per heavy atom. The maximum Gasteiger partial charge on any atom is 0.359 e. The standard InChI is InChI=1S/C10H11Cl3O2/c1-7-5-3-4-6-9(7,2)15-8(14)10(11,12)13/h3-7H,1-2H3. The second-order valence-corrected chi connectivity index (χ2v) is 5.89. The fourth-order valence-corrected chi connectivity index (χ4v) is 1.32. The number of carbonyl (C=O) groups is 1. The first kappa shape index (κ1) is 12.9. The molecule has 0 fully saturated rings. The molecule has 0 bridgehead atoms. The summed E-state index contributed by atoms with van der Waals surface area (Å²) in [6.07, 6.45) is 7.37. The van der Waals surface area contributed by atoms with Gasteiger partial charge in [0.05, 0.1) is 0 Å². The van der Waals surface area contributed by atoms with Crippen molar-refractivity contribution in [1.29, 1.82) is 0 Å². The van der Waals surface area contributed by atoms with E-state index in [1.807, 2.05) is 19.1 Å². The van der Waals surface area contributed by atoms with Crippen molar-refractivity contribution in [2.45, 2.75) is 23.2 Å². The van der Waals surface area contributed by atoms with Crippen LogP contribution < -0.4 is 0 Å². The Hall–Kier alpha value is -0.180. The molecule has 5 heteroatoms. The van der Waals surface area contributed by atoms with Crippen LogP contribution in [0.1, 0.15) is 13.8 Å². The molecule has 0 spiro atoms. The summed E-state index contributed by atoms with van der Waals surface area (Å²) >= 11 is 16.3. The van der Waals surface area contributed by atoms with Crippen LogP contribution in [-0.4, -0.2) is 15.4 Å². The van der Waals surface area contributed by atoms with E-state index in [0.717, 1.165) is 0 Å². The third-order valence-corrected chi connectivity index (χ3v) is 2.85. The molecule has 0 saturated carbocycles. The molecule has 0 aliphatic heterocycles. The molecule has 0 aromatic carbocycles. The number of halogens is 3. The molecule has 0 amide bonds. The lowest BCUT2D eigenvalue weighted by atomic mass is 9.87. The number of hydrogen-bond acceptors (Lipinski definition) is 2. The Morgan fingerprint density at radius 2 is 2.00 bits per heavy atom. The first-order valence-corrected chi connectivity index (χ1v) is 5.55. The quantitative estimate of drug-likeness (QED) is 0.538. The second kappa shape index (κ2) is 4.36. The molecule has 0 aromatic rings. The van der Waals surface area contributed by atoms with Crippen molar-refractivity contribution >= 4 is 40.8 Å². The third kappa shape index (κ3) is 3.13. The van der Waals surface area contributed by atoms with Gasteiger partial charge >= 0.3 is 5.97 Å². The predicted octanol–water partition coefficient (Wildman–Crippen LogP) is 3.42. The van der Waals surface area contributed by atoms with Crippen molar-refractivity contribution in [1.82, 2.24) is 0 Å². The smallest absolute Gasteiger partial charge is 0.359 e. The molecule has 2 nitrogen and oxygen atoms in total. The highest BCUT2D eigenvalue weighted by atomic mass is 35.6. The zero-order valence-corrected chi connectivity index (χ0v) is 10.6. The average Bonchev–Trinajstić information content (AvgIpc) is 2.09. The molecule has 0 N–H and O–H groups in total. The highest BCUT2D eigenvalue weighted by Crippen LogP contribution is 2.34. The van der Waals surface area contributed by atoms with Gasteiger partial charge in [0.2, 0.25) is 0 Å². The van der Waals surface area contributed by atoms with Crippen molar-refractivity contribution in [3.05, 3.63) is 24.3 Å². The van der Waals surface area contributed by atoms with Crippen LogP contribution >= 0.6 is 34.8 Å². The van der Waals surface area contributed by atoms with Gasteiger partial charge in [0, 0.05) is 5.92 Å². The van der Waals surface area contributed by atoms with Crippen LogP contribution in [-0.2, 0) is 9.53 Å². The van der Waals surface area contributed by atoms with Crippen LogP contribution in [0.4, 0.5) is 0 Å². The van der Waals surface area contributed by atoms with Crippen LogP contribution in [0, 0.1) is 5.92 Å². The van der Waals surface area contributed by atoms with Gasteiger partial charge in [-0.1, -0.05) is 60.0 Å². The minimum atomic E-state index is -2.03. The molecule has 1 rings (SSSR count). The number of esters is 1. The molecule has 0 aromatic heterocycles. The van der Waals surface area contributed by atoms with E-state index in [2.05, 4.69) is 0 Å². The highest BCUT2D eigenvalue weighted by molar-refractivity contribution is 6.75. The van der Waals surface area contributed by atoms with Gasteiger partial charge in [0.15, 0.2) is 0 Å². The van der Waals surface area contributed by atoms with Crippen LogP contribution in [0.25, 0.3) is 0 Å². The Bertz CT molecular complexity index is 317. The zero-order chi connectivity index (χ0) is 11.7. The van der Waals surface area contributed by atoms with Gasteiger partial charge in [-0.15, -0.1) is 0 Å². The number of hydrogen-bond donors (Lipinski definition) is 0. The molecule has 2 unspecified atom stereocenters. The monoisotopic (exact) mass is 268 g/mol. The van der Waals surface area contributed by atoms with E-state index < -0.39 is 15.4 Å². The lowest BCUT2D eigenvalue weighted by molar-refractivity contribution is -0.155. The Kier molecular flexibility index (Phi) is 3.75. The lowest BCUT2D eigenvalue weighted by Gasteiger charge is -2.33. The number of rotatable bonds is 1. The Labute approximate surface area is 104 Å². The Balaban J connectivity index is 2.77. The number of ether oxygens (including phenoxy) is 1. The van der Waals surface area contributed by atoms with E-state index in [4.69, 9.17) is 39.5 Å². The summed E-state index contributed by atoms with van der Waals surface area (Å²) in [7, 11) is 0. The summed E-state index contributed by atoms with van der Waals surface area (Å²) in [6.45, 7) is 3.69. The van der Waals surface area contributed by atoms with E-state index in [0.29, 0.717) is 0 Å². The van der Waals surface area contributed by atoms with Crippen molar-refractivity contribution in [3.8, 4) is 0 Å². The minimum Gasteiger partial charge on any atom is -0.451 e. The molecule has 1 aliphatic rings. The van der Waals surface area contributed by atoms with Crippen molar-refractivity contribution in [3.63, 3.8) is 0 Å². The van der Waals surface area contributed by atoms with Crippen molar-refractivity contribution in [2.24, 2.45) is 5.92 Å². The highest BCUT2D eigenvalue weighted by Gasteiger charge is 2.40. The Morgan fingerprint density at radius 1 is 1.40 bits per heavy atom. The topological polar surface area (TPSA) is 26.3 Å². The summed E-state index contributed by atoms with van der Waals surface area (Å²) in [4.78, 5) is 11.4. The van der Waals surface area contributed by atoms with Crippen LogP contribution in [0.5, 0.6) is 0 Å². The number of allylic oxidation sites excluding steroid dienone is 2. The van der Waals surface area contributed by atoms with Gasteiger partial charge in [0.1, 0.15) is 5.60 Å². The normalized spacial score (nSPS) is 30.3. The number of carbonyl (C=O) groups excluding carboxylic acids is 1. The van der Waals surface area contributed by atoms with Gasteiger partial charge in [-0.2, -0.15) is 0 Å². The zero-order valence-electron chi connectivity index (χ0n) is 8.34. The minimum absolute atomic E-state index is 0.0406. The fraction of sp³-hybridized carbons (Fsp3) is 0.500. The molecule has 2 atom stereocenters. The molecule has 0 heterocycles. The van der Waals surface area contributed by atoms with Crippen LogP contribution in [0.3, 0.4) is 0 Å². The van der Waals surface area contributed by atoms with Gasteiger partial charge in [-0.05, 0) is 13.0 Å². The lowest BCUT2D eigenvalue weighted by Crippen LogP contribution is -2.40. The maximum absolute atomic E-state index is 11.4. The summed E-state index contributed by atoms with van der Waals surface area (Å²) < 4.78 is 3.15. The first-order valence-electron chi connectivity index (χ1n) is 4.42. The molecular weight excluding hydrogens is 258 g/mol. The van der Waals surface area contributed by atoms with Gasteiger partial charge < -0.3 is 4.74 Å². The average molecular weight is 270 g/mol. The molecule has 1 aliphatic carbocycles. The maximum atomic E-state index is 11.4. The van der Waals surface area contributed by atoms with Crippen LogP contribution in [0.2, 0.25) is 0 Å². The van der Waals surface area contributed by atoms with Gasteiger partial charge in [0.25, 0.3) is 3.79 Å². The molecule has 0 saturated heterocycles. The largest absolute Gasteiger partial charge is 0.451 e. The molecule has 0 radical (unpaired) electrons. The van der Waals surface area contributed by atoms with Crippen LogP contribution in [0.15, 0.2) is 24.3 Å². The predicted molar refractivity (Wildman–Crippen MR) is 62.2 cm³/mol. The van der Waals surface area contributed by atoms with E-state index in [-0.39, 0.29) is 5.92 Å². The molecular formula is C10H11Cl3O2. The van der Waals surface area contributed by atoms with Crippen molar-refractivity contribution < 1.29 is 9.53 Å². The summed E-state index contributed by atoms with van der Waals surface area (Å²) in [5, 5.41) is 0. The molecule has 84 valence electrons. The van der Waals surface area contributed by atoms with Gasteiger partial charge in [-0.25, -0.2) is 4.79 Å². The van der Waals surface area contributed by atoms with E-state index in [1.54, 1.807) is 19.1 Å². The first-order chi connectivity index (χ1) is 6.76. The third-order valence-electron chi connectivity index (χ3n) is 2.39. The second-order valence-electron chi connectivity index (χ2n) is 3.60. The summed E-state index contributed by atoms with van der Waals surface area (Å²) in [5.74, 6) is -0.819. The van der Waals surface area contributed by atoms with E-state index in [1.165, 1.54) is 0 Å². The molecule has 15 heavy (non-hydrogen) atoms. The van der Waals surface area contributed by atoms with E-state index >= 15 is 0 Å². The van der Waals surface area contributed by atoms with Crippen molar-refractivity contribution in [2.75, 3.05) is 0 Å². The summed E-state index contributed by atoms with van der Waals surface area (Å²) in [6, 6.07) is 0. The fourth-order valence-electron chi connectivity index (χ4n) is 1.20.